The molecule has 0 atom stereocenters. The van der Waals surface area contributed by atoms with Crippen molar-refractivity contribution in [1.29, 1.82) is 0 Å². The van der Waals surface area contributed by atoms with Gasteiger partial charge in [-0.1, -0.05) is 11.6 Å². The normalized spacial score (nSPS) is 15.3. The minimum Gasteiger partial charge on any atom is -0.166 e. The second-order valence-electron chi connectivity index (χ2n) is 1.66. The van der Waals surface area contributed by atoms with Crippen LogP contribution in [-0.2, 0) is 0 Å². The monoisotopic (exact) mass is 158 g/mol. The summed E-state index contributed by atoms with van der Waals surface area (Å²) < 4.78 is 34.7. The van der Waals surface area contributed by atoms with Crippen LogP contribution in [0.4, 0.5) is 13.2 Å². The van der Waals surface area contributed by atoms with E-state index >= 15 is 0 Å². The summed E-state index contributed by atoms with van der Waals surface area (Å²) in [4.78, 5) is 0. The Hall–Kier alpha value is -0.180. The Labute approximate surface area is 56.3 Å². The number of hydrogen-bond donors (Lipinski definition) is 0. The van der Waals surface area contributed by atoms with Gasteiger partial charge < -0.3 is 0 Å². The smallest absolute Gasteiger partial charge is 0.166 e. The van der Waals surface area contributed by atoms with E-state index in [1.165, 1.54) is 6.92 Å². The predicted molar refractivity (Wildman–Crippen MR) is 30.3 cm³/mol. The van der Waals surface area contributed by atoms with E-state index in [2.05, 4.69) is 0 Å². The maximum Gasteiger partial charge on any atom is 0.413 e. The lowest BCUT2D eigenvalue weighted by atomic mass is 10.3. The maximum absolute atomic E-state index is 11.6. The highest BCUT2D eigenvalue weighted by Gasteiger charge is 2.31. The van der Waals surface area contributed by atoms with Gasteiger partial charge in [-0.2, -0.15) is 13.2 Å². The molecule has 0 fully saturated rings. The van der Waals surface area contributed by atoms with E-state index in [-0.39, 0.29) is 5.03 Å². The van der Waals surface area contributed by atoms with Gasteiger partial charge in [-0.3, -0.25) is 0 Å². The molecule has 0 N–H and O–H groups in total. The van der Waals surface area contributed by atoms with Crippen LogP contribution in [0.15, 0.2) is 10.6 Å². The van der Waals surface area contributed by atoms with E-state index in [1.54, 1.807) is 0 Å². The van der Waals surface area contributed by atoms with E-state index < -0.39 is 11.7 Å². The highest BCUT2D eigenvalue weighted by molar-refractivity contribution is 6.29. The van der Waals surface area contributed by atoms with Crippen LogP contribution in [0.2, 0.25) is 0 Å². The molecule has 0 spiro atoms. The molecule has 0 saturated heterocycles. The van der Waals surface area contributed by atoms with Crippen molar-refractivity contribution in [2.45, 2.75) is 20.0 Å². The van der Waals surface area contributed by atoms with Crippen LogP contribution in [0.1, 0.15) is 13.8 Å². The third-order valence-corrected chi connectivity index (χ3v) is 1.23. The number of rotatable bonds is 0. The summed E-state index contributed by atoms with van der Waals surface area (Å²) in [6, 6.07) is 0. The van der Waals surface area contributed by atoms with Crippen molar-refractivity contribution >= 4 is 11.6 Å². The Balaban J connectivity index is 4.40. The zero-order chi connectivity index (χ0) is 7.65. The summed E-state index contributed by atoms with van der Waals surface area (Å²) in [7, 11) is 0. The van der Waals surface area contributed by atoms with Gasteiger partial charge in [-0.15, -0.1) is 0 Å². The van der Waals surface area contributed by atoms with Crippen molar-refractivity contribution in [3.8, 4) is 0 Å². The van der Waals surface area contributed by atoms with Crippen molar-refractivity contribution in [3.05, 3.63) is 10.6 Å². The average molecular weight is 159 g/mol. The van der Waals surface area contributed by atoms with Gasteiger partial charge in [0.15, 0.2) is 0 Å². The van der Waals surface area contributed by atoms with Crippen molar-refractivity contribution in [2.75, 3.05) is 0 Å². The van der Waals surface area contributed by atoms with Crippen LogP contribution >= 0.6 is 11.6 Å². The van der Waals surface area contributed by atoms with Gasteiger partial charge in [0.1, 0.15) is 0 Å². The molecule has 54 valence electrons. The van der Waals surface area contributed by atoms with Gasteiger partial charge in [0.05, 0.1) is 0 Å². The molecule has 0 rings (SSSR count). The van der Waals surface area contributed by atoms with E-state index in [0.717, 1.165) is 6.92 Å². The van der Waals surface area contributed by atoms with E-state index in [9.17, 15) is 13.2 Å². The van der Waals surface area contributed by atoms with E-state index in [4.69, 9.17) is 11.6 Å². The van der Waals surface area contributed by atoms with Gasteiger partial charge in [0.2, 0.25) is 0 Å². The van der Waals surface area contributed by atoms with E-state index in [1.807, 2.05) is 0 Å². The third kappa shape index (κ3) is 2.75. The molecule has 0 aliphatic rings. The van der Waals surface area contributed by atoms with Crippen LogP contribution in [-0.4, -0.2) is 6.18 Å². The van der Waals surface area contributed by atoms with Gasteiger partial charge in [-0.05, 0) is 13.8 Å². The lowest BCUT2D eigenvalue weighted by Crippen LogP contribution is -2.09. The standard InChI is InChI=1S/C5H6ClF3/c1-3(4(2)6)5(7,8)9/h1-2H3/b4-3+. The van der Waals surface area contributed by atoms with Crippen LogP contribution in [0.5, 0.6) is 0 Å². The fraction of sp³-hybridized carbons (Fsp3) is 0.600. The Bertz CT molecular complexity index is 130. The summed E-state index contributed by atoms with van der Waals surface area (Å²) in [6.07, 6.45) is -4.27. The molecular weight excluding hydrogens is 153 g/mol. The first-order valence-electron chi connectivity index (χ1n) is 2.26. The van der Waals surface area contributed by atoms with Crippen molar-refractivity contribution in [3.63, 3.8) is 0 Å². The fourth-order valence-corrected chi connectivity index (χ4v) is 0.302. The minimum atomic E-state index is -4.27. The molecule has 0 aromatic heterocycles. The van der Waals surface area contributed by atoms with Crippen molar-refractivity contribution in [2.24, 2.45) is 0 Å². The Morgan fingerprint density at radius 3 is 1.56 bits per heavy atom. The first-order valence-corrected chi connectivity index (χ1v) is 2.63. The second-order valence-corrected chi connectivity index (χ2v) is 2.22. The van der Waals surface area contributed by atoms with E-state index in [0.29, 0.717) is 0 Å². The molecule has 4 heteroatoms. The van der Waals surface area contributed by atoms with Gasteiger partial charge in [0.25, 0.3) is 0 Å². The summed E-state index contributed by atoms with van der Waals surface area (Å²) in [5.41, 5.74) is -0.732. The lowest BCUT2D eigenvalue weighted by Gasteiger charge is -2.05. The molecule has 9 heavy (non-hydrogen) atoms. The predicted octanol–water partition coefficient (Wildman–Crippen LogP) is 3.08. The molecular formula is C5H6ClF3. The SMILES string of the molecule is C/C(Cl)=C(/C)C(F)(F)F. The number of hydrogen-bond acceptors (Lipinski definition) is 0. The fourth-order valence-electron chi connectivity index (χ4n) is 0.195. The number of alkyl halides is 3. The van der Waals surface area contributed by atoms with Crippen LogP contribution in [0.3, 0.4) is 0 Å². The number of allylic oxidation sites excluding steroid dienone is 2. The Kier molecular flexibility index (Phi) is 2.55. The number of halogens is 4. The molecule has 0 aliphatic heterocycles. The summed E-state index contributed by atoms with van der Waals surface area (Å²) in [5.74, 6) is 0. The Morgan fingerprint density at radius 2 is 1.56 bits per heavy atom. The molecule has 0 saturated carbocycles. The molecule has 0 radical (unpaired) electrons. The lowest BCUT2D eigenvalue weighted by molar-refractivity contribution is -0.0917. The molecule has 0 amide bonds. The quantitative estimate of drug-likeness (QED) is 0.508. The molecule has 0 bridgehead atoms. The summed E-state index contributed by atoms with van der Waals surface area (Å²) in [5, 5.41) is -0.206. The molecule has 0 aromatic carbocycles. The zero-order valence-corrected chi connectivity index (χ0v) is 5.77. The summed E-state index contributed by atoms with van der Waals surface area (Å²) >= 11 is 5.07. The van der Waals surface area contributed by atoms with Gasteiger partial charge in [-0.25, -0.2) is 0 Å². The molecule has 0 aromatic rings. The van der Waals surface area contributed by atoms with Crippen LogP contribution < -0.4 is 0 Å². The van der Waals surface area contributed by atoms with Gasteiger partial charge >= 0.3 is 6.18 Å². The van der Waals surface area contributed by atoms with Crippen molar-refractivity contribution < 1.29 is 13.2 Å². The average Bonchev–Trinajstić information content (AvgIpc) is 1.62. The zero-order valence-electron chi connectivity index (χ0n) is 5.01. The highest BCUT2D eigenvalue weighted by atomic mass is 35.5. The van der Waals surface area contributed by atoms with Gasteiger partial charge in [0, 0.05) is 10.6 Å². The first kappa shape index (κ1) is 8.82. The molecule has 0 nitrogen and oxygen atoms in total. The van der Waals surface area contributed by atoms with Crippen molar-refractivity contribution in [1.82, 2.24) is 0 Å². The summed E-state index contributed by atoms with van der Waals surface area (Å²) in [6.45, 7) is 2.16. The topological polar surface area (TPSA) is 0 Å². The first-order chi connectivity index (χ1) is 3.85. The molecule has 0 aliphatic carbocycles. The molecule has 0 unspecified atom stereocenters. The van der Waals surface area contributed by atoms with Crippen LogP contribution in [0, 0.1) is 0 Å². The largest absolute Gasteiger partial charge is 0.413 e. The Morgan fingerprint density at radius 1 is 1.22 bits per heavy atom. The maximum atomic E-state index is 11.6. The second kappa shape index (κ2) is 2.60. The highest BCUT2D eigenvalue weighted by Crippen LogP contribution is 2.28. The third-order valence-electron chi connectivity index (χ3n) is 0.942. The minimum absolute atomic E-state index is 0.206. The molecule has 0 heterocycles. The van der Waals surface area contributed by atoms with Crippen LogP contribution in [0.25, 0.3) is 0 Å².